The minimum Gasteiger partial charge on any atom is -0.494 e. The van der Waals surface area contributed by atoms with E-state index in [4.69, 9.17) is 14.2 Å². The molecule has 0 saturated heterocycles. The van der Waals surface area contributed by atoms with E-state index in [0.29, 0.717) is 17.1 Å². The maximum absolute atomic E-state index is 12.6. The van der Waals surface area contributed by atoms with Crippen LogP contribution in [-0.2, 0) is 9.53 Å². The number of methoxy groups -OCH3 is 1. The van der Waals surface area contributed by atoms with Gasteiger partial charge in [0.05, 0.1) is 19.3 Å². The number of benzene rings is 3. The first-order chi connectivity index (χ1) is 18.0. The summed E-state index contributed by atoms with van der Waals surface area (Å²) in [5.74, 6) is 0.798. The molecule has 0 aliphatic rings. The molecular formula is C31H36O6. The Morgan fingerprint density at radius 1 is 0.703 bits per heavy atom. The van der Waals surface area contributed by atoms with Gasteiger partial charge in [-0.05, 0) is 73.0 Å². The zero-order valence-corrected chi connectivity index (χ0v) is 21.9. The number of ether oxygens (including phenoxy) is 4. The molecule has 0 saturated carbocycles. The number of carbonyl (C=O) groups excluding carboxylic acids is 2. The predicted molar refractivity (Wildman–Crippen MR) is 144 cm³/mol. The molecule has 3 aromatic rings. The second-order valence-corrected chi connectivity index (χ2v) is 8.86. The van der Waals surface area contributed by atoms with Gasteiger partial charge in [0.25, 0.3) is 0 Å². The number of esters is 2. The molecule has 37 heavy (non-hydrogen) atoms. The number of hydrogen-bond donors (Lipinski definition) is 0. The van der Waals surface area contributed by atoms with Crippen LogP contribution in [0.5, 0.6) is 17.2 Å². The molecule has 0 aliphatic heterocycles. The van der Waals surface area contributed by atoms with Gasteiger partial charge in [-0.2, -0.15) is 0 Å². The van der Waals surface area contributed by atoms with Crippen molar-refractivity contribution in [2.75, 3.05) is 13.7 Å². The fourth-order valence-corrected chi connectivity index (χ4v) is 3.79. The van der Waals surface area contributed by atoms with Crippen molar-refractivity contribution < 1.29 is 28.5 Å². The van der Waals surface area contributed by atoms with Crippen LogP contribution in [0, 0.1) is 0 Å². The third-order valence-electron chi connectivity index (χ3n) is 5.96. The normalized spacial score (nSPS) is 11.4. The summed E-state index contributed by atoms with van der Waals surface area (Å²) in [5.41, 5.74) is 2.49. The lowest BCUT2D eigenvalue weighted by molar-refractivity contribution is -0.147. The molecule has 0 aromatic heterocycles. The third-order valence-corrected chi connectivity index (χ3v) is 5.96. The molecule has 196 valence electrons. The van der Waals surface area contributed by atoms with Crippen molar-refractivity contribution in [1.29, 1.82) is 0 Å². The minimum atomic E-state index is -0.731. The maximum atomic E-state index is 12.6. The SMILES string of the molecule is CCCCCCCCOc1ccc(-c2ccc(C(=O)Oc3ccc(OC(C)C(=O)OC)cc3)cc2)cc1. The average Bonchev–Trinajstić information content (AvgIpc) is 2.93. The fraction of sp³-hybridized carbons (Fsp3) is 0.355. The van der Waals surface area contributed by atoms with E-state index in [2.05, 4.69) is 11.7 Å². The van der Waals surface area contributed by atoms with E-state index >= 15 is 0 Å². The summed E-state index contributed by atoms with van der Waals surface area (Å²) in [6, 6.07) is 21.8. The second kappa shape index (κ2) is 14.7. The van der Waals surface area contributed by atoms with E-state index in [0.717, 1.165) is 29.9 Å². The van der Waals surface area contributed by atoms with E-state index in [1.165, 1.54) is 39.2 Å². The molecule has 0 amide bonds. The number of rotatable bonds is 14. The first kappa shape index (κ1) is 27.8. The topological polar surface area (TPSA) is 71.1 Å². The Bertz CT molecular complexity index is 1100. The Morgan fingerprint density at radius 2 is 1.24 bits per heavy atom. The van der Waals surface area contributed by atoms with Crippen molar-refractivity contribution in [1.82, 2.24) is 0 Å². The Balaban J connectivity index is 1.48. The zero-order chi connectivity index (χ0) is 26.5. The molecular weight excluding hydrogens is 468 g/mol. The standard InChI is InChI=1S/C31H36O6/c1-4-5-6-7-8-9-22-35-27-16-14-25(15-17-27)24-10-12-26(13-11-24)31(33)37-29-20-18-28(19-21-29)36-23(2)30(32)34-3/h10-21,23H,4-9,22H2,1-3H3. The number of unbranched alkanes of at least 4 members (excludes halogenated alkanes) is 5. The summed E-state index contributed by atoms with van der Waals surface area (Å²) in [5, 5.41) is 0. The Morgan fingerprint density at radius 3 is 1.86 bits per heavy atom. The smallest absolute Gasteiger partial charge is 0.346 e. The summed E-state index contributed by atoms with van der Waals surface area (Å²) in [4.78, 5) is 24.0. The average molecular weight is 505 g/mol. The highest BCUT2D eigenvalue weighted by Crippen LogP contribution is 2.24. The summed E-state index contributed by atoms with van der Waals surface area (Å²) in [6.45, 7) is 4.57. The van der Waals surface area contributed by atoms with E-state index in [1.807, 2.05) is 36.4 Å². The van der Waals surface area contributed by atoms with Gasteiger partial charge in [0.1, 0.15) is 17.2 Å². The van der Waals surface area contributed by atoms with Crippen LogP contribution in [0.1, 0.15) is 62.7 Å². The van der Waals surface area contributed by atoms with Crippen molar-refractivity contribution >= 4 is 11.9 Å². The highest BCUT2D eigenvalue weighted by molar-refractivity contribution is 5.91. The molecule has 6 nitrogen and oxygen atoms in total. The van der Waals surface area contributed by atoms with Crippen molar-refractivity contribution in [3.8, 4) is 28.4 Å². The van der Waals surface area contributed by atoms with Crippen LogP contribution in [0.15, 0.2) is 72.8 Å². The van der Waals surface area contributed by atoms with Crippen LogP contribution in [0.2, 0.25) is 0 Å². The predicted octanol–water partition coefficient (Wildman–Crippen LogP) is 7.25. The monoisotopic (exact) mass is 504 g/mol. The Labute approximate surface area is 219 Å². The van der Waals surface area contributed by atoms with Crippen molar-refractivity contribution in [3.63, 3.8) is 0 Å². The van der Waals surface area contributed by atoms with Crippen molar-refractivity contribution in [2.24, 2.45) is 0 Å². The van der Waals surface area contributed by atoms with Gasteiger partial charge in [0, 0.05) is 0 Å². The first-order valence-electron chi connectivity index (χ1n) is 12.9. The van der Waals surface area contributed by atoms with Gasteiger partial charge in [-0.25, -0.2) is 9.59 Å². The van der Waals surface area contributed by atoms with Crippen molar-refractivity contribution in [2.45, 2.75) is 58.5 Å². The van der Waals surface area contributed by atoms with Crippen LogP contribution in [0.3, 0.4) is 0 Å². The second-order valence-electron chi connectivity index (χ2n) is 8.86. The highest BCUT2D eigenvalue weighted by atomic mass is 16.6. The molecule has 1 atom stereocenters. The molecule has 0 radical (unpaired) electrons. The van der Waals surface area contributed by atoms with E-state index < -0.39 is 18.0 Å². The van der Waals surface area contributed by atoms with Crippen LogP contribution in [-0.4, -0.2) is 31.8 Å². The summed E-state index contributed by atoms with van der Waals surface area (Å²) in [7, 11) is 1.31. The summed E-state index contributed by atoms with van der Waals surface area (Å²) >= 11 is 0. The quantitative estimate of drug-likeness (QED) is 0.131. The van der Waals surface area contributed by atoms with Crippen LogP contribution >= 0.6 is 0 Å². The van der Waals surface area contributed by atoms with Gasteiger partial charge in [0.2, 0.25) is 0 Å². The lowest BCUT2D eigenvalue weighted by atomic mass is 10.0. The summed E-state index contributed by atoms with van der Waals surface area (Å²) in [6.07, 6.45) is 6.72. The van der Waals surface area contributed by atoms with Gasteiger partial charge >= 0.3 is 11.9 Å². The van der Waals surface area contributed by atoms with Crippen LogP contribution in [0.4, 0.5) is 0 Å². The highest BCUT2D eigenvalue weighted by Gasteiger charge is 2.15. The Kier molecular flexibility index (Phi) is 11.0. The molecule has 0 N–H and O–H groups in total. The van der Waals surface area contributed by atoms with E-state index in [1.54, 1.807) is 43.3 Å². The first-order valence-corrected chi connectivity index (χ1v) is 12.9. The molecule has 1 unspecified atom stereocenters. The fourth-order valence-electron chi connectivity index (χ4n) is 3.79. The van der Waals surface area contributed by atoms with Gasteiger partial charge in [-0.3, -0.25) is 0 Å². The van der Waals surface area contributed by atoms with Crippen LogP contribution in [0.25, 0.3) is 11.1 Å². The molecule has 0 spiro atoms. The van der Waals surface area contributed by atoms with Gasteiger partial charge in [-0.15, -0.1) is 0 Å². The van der Waals surface area contributed by atoms with Gasteiger partial charge < -0.3 is 18.9 Å². The lowest BCUT2D eigenvalue weighted by Gasteiger charge is -2.12. The number of carbonyl (C=O) groups is 2. The zero-order valence-electron chi connectivity index (χ0n) is 21.9. The molecule has 0 heterocycles. The minimum absolute atomic E-state index is 0.378. The molecule has 0 fully saturated rings. The van der Waals surface area contributed by atoms with Crippen molar-refractivity contribution in [3.05, 3.63) is 78.4 Å². The van der Waals surface area contributed by atoms with E-state index in [9.17, 15) is 9.59 Å². The number of hydrogen-bond acceptors (Lipinski definition) is 6. The van der Waals surface area contributed by atoms with Crippen LogP contribution < -0.4 is 14.2 Å². The molecule has 3 aromatic carbocycles. The van der Waals surface area contributed by atoms with Gasteiger partial charge in [-0.1, -0.05) is 63.3 Å². The molecule has 3 rings (SSSR count). The lowest BCUT2D eigenvalue weighted by Crippen LogP contribution is -2.24. The largest absolute Gasteiger partial charge is 0.494 e. The maximum Gasteiger partial charge on any atom is 0.346 e. The van der Waals surface area contributed by atoms with Gasteiger partial charge in [0.15, 0.2) is 6.10 Å². The molecule has 0 bridgehead atoms. The van der Waals surface area contributed by atoms with E-state index in [-0.39, 0.29) is 0 Å². The Hall–Kier alpha value is -3.80. The molecule has 6 heteroatoms. The summed E-state index contributed by atoms with van der Waals surface area (Å²) < 4.78 is 21.5. The third kappa shape index (κ3) is 8.98. The molecule has 0 aliphatic carbocycles.